The summed E-state index contributed by atoms with van der Waals surface area (Å²) in [6.07, 6.45) is 3.83. The number of para-hydroxylation sites is 1. The molecular weight excluding hydrogens is 381 g/mol. The zero-order chi connectivity index (χ0) is 20.9. The van der Waals surface area contributed by atoms with E-state index in [-0.39, 0.29) is 11.7 Å². The van der Waals surface area contributed by atoms with Gasteiger partial charge in [-0.3, -0.25) is 9.69 Å². The second-order valence-electron chi connectivity index (χ2n) is 7.68. The fourth-order valence-corrected chi connectivity index (χ4v) is 3.82. The van der Waals surface area contributed by atoms with Crippen molar-refractivity contribution in [3.63, 3.8) is 0 Å². The molecule has 0 saturated carbocycles. The van der Waals surface area contributed by atoms with E-state index in [1.807, 2.05) is 60.4 Å². The number of aryl methyl sites for hydroxylation is 1. The molecular formula is C24H26FN3O2. The number of amides is 1. The number of hydrogen-bond donors (Lipinski definition) is 1. The summed E-state index contributed by atoms with van der Waals surface area (Å²) in [5.74, 6) is 0.512. The summed E-state index contributed by atoms with van der Waals surface area (Å²) in [4.78, 5) is 14.4. The fraction of sp³-hybridized carbons (Fsp3) is 0.292. The minimum atomic E-state index is -0.408. The molecule has 30 heavy (non-hydrogen) atoms. The van der Waals surface area contributed by atoms with Crippen LogP contribution in [0.25, 0.3) is 0 Å². The molecule has 1 atom stereocenters. The molecule has 1 aliphatic rings. The third-order valence-electron chi connectivity index (χ3n) is 5.32. The molecule has 1 aromatic heterocycles. The van der Waals surface area contributed by atoms with Crippen molar-refractivity contribution in [2.75, 3.05) is 19.6 Å². The van der Waals surface area contributed by atoms with Crippen LogP contribution in [0.2, 0.25) is 0 Å². The zero-order valence-corrected chi connectivity index (χ0v) is 17.1. The van der Waals surface area contributed by atoms with Gasteiger partial charge in [-0.25, -0.2) is 4.39 Å². The number of carbonyl (C=O) groups is 1. The molecule has 0 saturated heterocycles. The highest BCUT2D eigenvalue weighted by atomic mass is 19.1. The van der Waals surface area contributed by atoms with E-state index in [1.54, 1.807) is 12.1 Å². The van der Waals surface area contributed by atoms with Crippen LogP contribution in [0.15, 0.2) is 67.0 Å². The highest BCUT2D eigenvalue weighted by molar-refractivity contribution is 5.78. The fourth-order valence-electron chi connectivity index (χ4n) is 3.82. The van der Waals surface area contributed by atoms with Gasteiger partial charge < -0.3 is 14.6 Å². The number of halogens is 1. The van der Waals surface area contributed by atoms with Crippen LogP contribution >= 0.6 is 0 Å². The first-order valence-electron chi connectivity index (χ1n) is 10.2. The van der Waals surface area contributed by atoms with Crippen molar-refractivity contribution in [1.29, 1.82) is 0 Å². The Hall–Kier alpha value is -3.12. The molecule has 5 nitrogen and oxygen atoms in total. The first-order chi connectivity index (χ1) is 14.6. The Balaban J connectivity index is 1.41. The van der Waals surface area contributed by atoms with E-state index in [2.05, 4.69) is 10.2 Å². The van der Waals surface area contributed by atoms with Gasteiger partial charge in [0, 0.05) is 56.7 Å². The minimum Gasteiger partial charge on any atom is -0.484 e. The monoisotopic (exact) mass is 407 g/mol. The maximum atomic E-state index is 14.4. The van der Waals surface area contributed by atoms with Gasteiger partial charge in [-0.1, -0.05) is 36.4 Å². The lowest BCUT2D eigenvalue weighted by atomic mass is 10.1. The van der Waals surface area contributed by atoms with Crippen molar-refractivity contribution in [3.05, 3.63) is 89.5 Å². The molecule has 2 heterocycles. The van der Waals surface area contributed by atoms with E-state index < -0.39 is 6.10 Å². The second kappa shape index (κ2) is 9.13. The van der Waals surface area contributed by atoms with Gasteiger partial charge in [-0.05, 0) is 23.8 Å². The number of benzene rings is 2. The summed E-state index contributed by atoms with van der Waals surface area (Å²) in [6, 6.07) is 16.5. The number of fused-ring (bicyclic) bond motifs is 1. The zero-order valence-electron chi connectivity index (χ0n) is 17.1. The third-order valence-corrected chi connectivity index (χ3v) is 5.32. The quantitative estimate of drug-likeness (QED) is 0.681. The van der Waals surface area contributed by atoms with Crippen LogP contribution in [0.1, 0.15) is 22.8 Å². The lowest BCUT2D eigenvalue weighted by molar-refractivity contribution is -0.120. The molecule has 1 unspecified atom stereocenters. The summed E-state index contributed by atoms with van der Waals surface area (Å²) >= 11 is 0. The lowest BCUT2D eigenvalue weighted by Gasteiger charge is -2.24. The maximum absolute atomic E-state index is 14.4. The molecule has 2 aromatic carbocycles. The van der Waals surface area contributed by atoms with Gasteiger partial charge in [-0.2, -0.15) is 0 Å². The van der Waals surface area contributed by atoms with E-state index in [1.165, 1.54) is 6.07 Å². The van der Waals surface area contributed by atoms with Crippen molar-refractivity contribution >= 4 is 5.91 Å². The predicted molar refractivity (Wildman–Crippen MR) is 114 cm³/mol. The maximum Gasteiger partial charge on any atom is 0.224 e. The first-order valence-corrected chi connectivity index (χ1v) is 10.2. The third kappa shape index (κ3) is 4.89. The van der Waals surface area contributed by atoms with Crippen molar-refractivity contribution in [3.8, 4) is 5.75 Å². The van der Waals surface area contributed by atoms with Crippen molar-refractivity contribution in [2.24, 2.45) is 7.05 Å². The standard InChI is InChI=1S/C24H26FN3O2/c1-27-12-10-18(15-27)14-24(29)26-11-13-28-16-19-6-2-5-9-22(19)30-23(17-28)20-7-3-4-8-21(20)25/h2-10,12,15,23H,11,13-14,16-17H2,1H3,(H,26,29). The van der Waals surface area contributed by atoms with Gasteiger partial charge in [0.2, 0.25) is 5.91 Å². The van der Waals surface area contributed by atoms with E-state index in [0.717, 1.165) is 16.9 Å². The van der Waals surface area contributed by atoms with Crippen LogP contribution < -0.4 is 10.1 Å². The summed E-state index contributed by atoms with van der Waals surface area (Å²) in [5.41, 5.74) is 2.60. The van der Waals surface area contributed by atoms with Crippen LogP contribution in [0, 0.1) is 5.82 Å². The van der Waals surface area contributed by atoms with Gasteiger partial charge in [0.1, 0.15) is 17.7 Å². The molecule has 1 aliphatic heterocycles. The van der Waals surface area contributed by atoms with Gasteiger partial charge >= 0.3 is 0 Å². The SMILES string of the molecule is Cn1ccc(CC(=O)NCCN2Cc3ccccc3OC(c3ccccc3F)C2)c1. The number of nitrogens with zero attached hydrogens (tertiary/aromatic N) is 2. The summed E-state index contributed by atoms with van der Waals surface area (Å²) in [7, 11) is 1.94. The minimum absolute atomic E-state index is 0.00155. The van der Waals surface area contributed by atoms with E-state index in [0.29, 0.717) is 38.2 Å². The lowest BCUT2D eigenvalue weighted by Crippen LogP contribution is -2.37. The van der Waals surface area contributed by atoms with E-state index >= 15 is 0 Å². The normalized spacial score (nSPS) is 16.4. The van der Waals surface area contributed by atoms with E-state index in [9.17, 15) is 9.18 Å². The van der Waals surface area contributed by atoms with Crippen molar-refractivity contribution in [2.45, 2.75) is 19.1 Å². The number of aromatic nitrogens is 1. The van der Waals surface area contributed by atoms with Crippen LogP contribution in [0.5, 0.6) is 5.75 Å². The Bertz CT molecular complexity index is 1020. The number of nitrogens with one attached hydrogen (secondary N) is 1. The Morgan fingerprint density at radius 1 is 1.17 bits per heavy atom. The molecule has 4 rings (SSSR count). The molecule has 1 N–H and O–H groups in total. The van der Waals surface area contributed by atoms with Crippen LogP contribution in [0.3, 0.4) is 0 Å². The summed E-state index contributed by atoms with van der Waals surface area (Å²) in [5, 5.41) is 2.99. The highest BCUT2D eigenvalue weighted by Gasteiger charge is 2.26. The van der Waals surface area contributed by atoms with Gasteiger partial charge in [-0.15, -0.1) is 0 Å². The molecule has 0 radical (unpaired) electrons. The molecule has 6 heteroatoms. The molecule has 0 spiro atoms. The van der Waals surface area contributed by atoms with Crippen LogP contribution in [-0.4, -0.2) is 35.0 Å². The molecule has 156 valence electrons. The summed E-state index contributed by atoms with van der Waals surface area (Å²) < 4.78 is 22.5. The van der Waals surface area contributed by atoms with Crippen LogP contribution in [-0.2, 0) is 24.8 Å². The van der Waals surface area contributed by atoms with Gasteiger partial charge in [0.05, 0.1) is 6.42 Å². The average Bonchev–Trinajstić information content (AvgIpc) is 3.03. The van der Waals surface area contributed by atoms with Crippen LogP contribution in [0.4, 0.5) is 4.39 Å². The van der Waals surface area contributed by atoms with Crippen molar-refractivity contribution < 1.29 is 13.9 Å². The second-order valence-corrected chi connectivity index (χ2v) is 7.68. The average molecular weight is 407 g/mol. The molecule has 0 aliphatic carbocycles. The predicted octanol–water partition coefficient (Wildman–Crippen LogP) is 3.46. The number of hydrogen-bond acceptors (Lipinski definition) is 3. The van der Waals surface area contributed by atoms with Gasteiger partial charge in [0.25, 0.3) is 0 Å². The highest BCUT2D eigenvalue weighted by Crippen LogP contribution is 2.31. The Kier molecular flexibility index (Phi) is 6.14. The molecule has 1 amide bonds. The Labute approximate surface area is 176 Å². The van der Waals surface area contributed by atoms with Gasteiger partial charge in [0.15, 0.2) is 0 Å². The molecule has 0 bridgehead atoms. The number of ether oxygens (including phenoxy) is 1. The Morgan fingerprint density at radius 2 is 1.97 bits per heavy atom. The number of carbonyl (C=O) groups excluding carboxylic acids is 1. The smallest absolute Gasteiger partial charge is 0.224 e. The van der Waals surface area contributed by atoms with E-state index in [4.69, 9.17) is 4.74 Å². The Morgan fingerprint density at radius 3 is 2.77 bits per heavy atom. The topological polar surface area (TPSA) is 46.5 Å². The number of rotatable bonds is 6. The van der Waals surface area contributed by atoms with Crippen molar-refractivity contribution in [1.82, 2.24) is 14.8 Å². The largest absolute Gasteiger partial charge is 0.484 e. The summed E-state index contributed by atoms with van der Waals surface area (Å²) in [6.45, 7) is 2.42. The first kappa shape index (κ1) is 20.2. The molecule has 0 fully saturated rings. The molecule has 3 aromatic rings.